The van der Waals surface area contributed by atoms with Gasteiger partial charge in [0.2, 0.25) is 0 Å². The van der Waals surface area contributed by atoms with Crippen molar-refractivity contribution in [3.05, 3.63) is 47.8 Å². The van der Waals surface area contributed by atoms with Gasteiger partial charge in [-0.15, -0.1) is 0 Å². The first kappa shape index (κ1) is 14.2. The van der Waals surface area contributed by atoms with Crippen molar-refractivity contribution in [2.24, 2.45) is 4.99 Å². The molecule has 6 nitrogen and oxygen atoms in total. The van der Waals surface area contributed by atoms with Crippen LogP contribution >= 0.6 is 0 Å². The lowest BCUT2D eigenvalue weighted by Gasteiger charge is -2.14. The van der Waals surface area contributed by atoms with Gasteiger partial charge in [0.15, 0.2) is 6.23 Å². The summed E-state index contributed by atoms with van der Waals surface area (Å²) < 4.78 is 5.07. The molecule has 1 aromatic heterocycles. The second-order valence-electron chi connectivity index (χ2n) is 4.89. The van der Waals surface area contributed by atoms with Crippen molar-refractivity contribution < 1.29 is 14.3 Å². The number of aromatic amines is 1. The zero-order chi connectivity index (χ0) is 15.5. The Morgan fingerprint density at radius 3 is 2.91 bits per heavy atom. The quantitative estimate of drug-likeness (QED) is 0.666. The third-order valence-corrected chi connectivity index (χ3v) is 3.49. The highest BCUT2D eigenvalue weighted by molar-refractivity contribution is 6.45. The number of allylic oxidation sites excluding steroid dienone is 1. The number of para-hydroxylation sites is 1. The van der Waals surface area contributed by atoms with Crippen LogP contribution in [-0.2, 0) is 9.53 Å². The first-order chi connectivity index (χ1) is 10.7. The molecule has 1 aliphatic heterocycles. The number of carbonyl (C=O) groups excluding carboxylic acids is 2. The highest BCUT2D eigenvalue weighted by Gasteiger charge is 2.21. The number of nitrogens with zero attached hydrogens (tertiary/aromatic N) is 1. The molecule has 1 atom stereocenters. The zero-order valence-electron chi connectivity index (χ0n) is 12.0. The average molecular weight is 297 g/mol. The van der Waals surface area contributed by atoms with Crippen LogP contribution in [-0.4, -0.2) is 36.2 Å². The van der Waals surface area contributed by atoms with Crippen molar-refractivity contribution in [3.63, 3.8) is 0 Å². The minimum atomic E-state index is -0.682. The molecule has 1 unspecified atom stereocenters. The Balaban J connectivity index is 1.74. The van der Waals surface area contributed by atoms with Gasteiger partial charge in [-0.3, -0.25) is 14.6 Å². The number of hydrogen-bond acceptors (Lipinski definition) is 4. The molecule has 1 aliphatic rings. The van der Waals surface area contributed by atoms with Crippen molar-refractivity contribution in [2.75, 3.05) is 7.11 Å². The lowest BCUT2D eigenvalue weighted by Crippen LogP contribution is -2.32. The molecule has 0 saturated heterocycles. The molecule has 1 aromatic carbocycles. The molecule has 22 heavy (non-hydrogen) atoms. The van der Waals surface area contributed by atoms with Gasteiger partial charge < -0.3 is 15.0 Å². The molecule has 112 valence electrons. The number of methoxy groups -OCH3 is 1. The Morgan fingerprint density at radius 1 is 1.36 bits per heavy atom. The summed E-state index contributed by atoms with van der Waals surface area (Å²) in [6, 6.07) is 7.34. The van der Waals surface area contributed by atoms with Crippen LogP contribution < -0.4 is 5.32 Å². The number of benzene rings is 1. The highest BCUT2D eigenvalue weighted by Crippen LogP contribution is 2.18. The van der Waals surface area contributed by atoms with Gasteiger partial charge in [-0.25, -0.2) is 0 Å². The van der Waals surface area contributed by atoms with Crippen molar-refractivity contribution in [3.8, 4) is 0 Å². The van der Waals surface area contributed by atoms with Crippen LogP contribution in [0.2, 0.25) is 0 Å². The van der Waals surface area contributed by atoms with Crippen LogP contribution in [0, 0.1) is 0 Å². The molecule has 2 N–H and O–H groups in total. The molecule has 0 spiro atoms. The number of carbonyl (C=O) groups is 2. The summed E-state index contributed by atoms with van der Waals surface area (Å²) in [6.45, 7) is 0. The first-order valence-electron chi connectivity index (χ1n) is 6.87. The molecule has 0 radical (unpaired) electrons. The summed E-state index contributed by atoms with van der Waals surface area (Å²) in [5.41, 5.74) is 1.68. The topological polar surface area (TPSA) is 83.5 Å². The second kappa shape index (κ2) is 5.95. The van der Waals surface area contributed by atoms with Gasteiger partial charge >= 0.3 is 0 Å². The number of aliphatic imine (C=N–C) groups is 1. The van der Waals surface area contributed by atoms with E-state index < -0.39 is 11.7 Å². The Morgan fingerprint density at radius 2 is 2.18 bits per heavy atom. The number of hydrogen-bond donors (Lipinski definition) is 2. The molecule has 0 bridgehead atoms. The van der Waals surface area contributed by atoms with E-state index in [0.717, 1.165) is 10.9 Å². The van der Waals surface area contributed by atoms with E-state index >= 15 is 0 Å². The van der Waals surface area contributed by atoms with Gasteiger partial charge in [0, 0.05) is 36.8 Å². The zero-order valence-corrected chi connectivity index (χ0v) is 12.0. The fourth-order valence-corrected chi connectivity index (χ4v) is 2.31. The number of fused-ring (bicyclic) bond motifs is 1. The van der Waals surface area contributed by atoms with E-state index in [1.807, 2.05) is 18.2 Å². The summed E-state index contributed by atoms with van der Waals surface area (Å²) >= 11 is 0. The maximum atomic E-state index is 12.3. The monoisotopic (exact) mass is 297 g/mol. The molecule has 2 heterocycles. The van der Waals surface area contributed by atoms with Crippen molar-refractivity contribution in [2.45, 2.75) is 12.6 Å². The molecule has 0 fully saturated rings. The van der Waals surface area contributed by atoms with E-state index in [2.05, 4.69) is 15.3 Å². The van der Waals surface area contributed by atoms with Crippen LogP contribution in [0.5, 0.6) is 0 Å². The van der Waals surface area contributed by atoms with E-state index in [4.69, 9.17) is 4.74 Å². The van der Waals surface area contributed by atoms with Crippen LogP contribution in [0.25, 0.3) is 10.9 Å². The fourth-order valence-electron chi connectivity index (χ4n) is 2.31. The third kappa shape index (κ3) is 2.68. The lowest BCUT2D eigenvalue weighted by atomic mass is 10.1. The number of aromatic nitrogens is 1. The second-order valence-corrected chi connectivity index (χ2v) is 4.89. The predicted octanol–water partition coefficient (Wildman–Crippen LogP) is 1.80. The van der Waals surface area contributed by atoms with Gasteiger partial charge in [-0.05, 0) is 6.07 Å². The Labute approximate surface area is 126 Å². The fraction of sp³-hybridized carbons (Fsp3) is 0.188. The van der Waals surface area contributed by atoms with Crippen LogP contribution in [0.1, 0.15) is 16.8 Å². The maximum Gasteiger partial charge on any atom is 0.296 e. The Kier molecular flexibility index (Phi) is 3.84. The standard InChI is InChI=1S/C16H15N3O3/c1-22-14-7-6-10(8-18-14)19-16(21)15(20)12-9-17-13-5-3-2-4-11(12)13/h2-6,8-9,14,17H,7H2,1H3,(H,19,21). The Hall–Kier alpha value is -2.73. The van der Waals surface area contributed by atoms with Crippen LogP contribution in [0.15, 0.2) is 47.2 Å². The Bertz CT molecular complexity index is 789. The normalized spacial score (nSPS) is 17.3. The number of rotatable bonds is 4. The smallest absolute Gasteiger partial charge is 0.296 e. The minimum absolute atomic E-state index is 0.232. The highest BCUT2D eigenvalue weighted by atomic mass is 16.5. The van der Waals surface area contributed by atoms with Gasteiger partial charge in [0.25, 0.3) is 11.7 Å². The summed E-state index contributed by atoms with van der Waals surface area (Å²) in [4.78, 5) is 31.5. The number of Topliss-reactive ketones (excluding diaryl/α,β-unsaturated/α-hetero) is 1. The van der Waals surface area contributed by atoms with E-state index in [1.54, 1.807) is 25.4 Å². The SMILES string of the molecule is COC1CC=C(NC(=O)C(=O)c2c[nH]c3ccccc23)C=N1. The number of amides is 1. The summed E-state index contributed by atoms with van der Waals surface area (Å²) in [5, 5.41) is 3.30. The number of ketones is 1. The summed E-state index contributed by atoms with van der Waals surface area (Å²) in [7, 11) is 1.57. The van der Waals surface area contributed by atoms with Gasteiger partial charge in [0.05, 0.1) is 11.3 Å². The van der Waals surface area contributed by atoms with Crippen LogP contribution in [0.4, 0.5) is 0 Å². The molecule has 2 aromatic rings. The molecule has 6 heteroatoms. The number of nitrogens with one attached hydrogen (secondary N) is 2. The van der Waals surface area contributed by atoms with Crippen molar-refractivity contribution in [1.29, 1.82) is 0 Å². The minimum Gasteiger partial charge on any atom is -0.360 e. The molecular formula is C16H15N3O3. The van der Waals surface area contributed by atoms with E-state index in [0.29, 0.717) is 17.7 Å². The summed E-state index contributed by atoms with van der Waals surface area (Å²) in [5.74, 6) is -1.26. The van der Waals surface area contributed by atoms with E-state index in [-0.39, 0.29) is 6.23 Å². The largest absolute Gasteiger partial charge is 0.360 e. The molecule has 0 aliphatic carbocycles. The van der Waals surface area contributed by atoms with Gasteiger partial charge in [-0.1, -0.05) is 24.3 Å². The van der Waals surface area contributed by atoms with E-state index in [9.17, 15) is 9.59 Å². The number of dihydropyridines is 1. The number of H-pyrrole nitrogens is 1. The number of ether oxygens (including phenoxy) is 1. The van der Waals surface area contributed by atoms with E-state index in [1.165, 1.54) is 6.21 Å². The maximum absolute atomic E-state index is 12.3. The third-order valence-electron chi connectivity index (χ3n) is 3.49. The molecule has 1 amide bonds. The molecule has 3 rings (SSSR count). The first-order valence-corrected chi connectivity index (χ1v) is 6.87. The van der Waals surface area contributed by atoms with Gasteiger partial charge in [-0.2, -0.15) is 0 Å². The van der Waals surface area contributed by atoms with Crippen LogP contribution in [0.3, 0.4) is 0 Å². The lowest BCUT2D eigenvalue weighted by molar-refractivity contribution is -0.116. The predicted molar refractivity (Wildman–Crippen MR) is 82.8 cm³/mol. The molecular weight excluding hydrogens is 282 g/mol. The summed E-state index contributed by atoms with van der Waals surface area (Å²) in [6.07, 6.45) is 5.16. The van der Waals surface area contributed by atoms with Crippen molar-refractivity contribution >= 4 is 28.8 Å². The van der Waals surface area contributed by atoms with Crippen molar-refractivity contribution in [1.82, 2.24) is 10.3 Å². The molecule has 0 saturated carbocycles. The average Bonchev–Trinajstić information content (AvgIpc) is 2.99. The van der Waals surface area contributed by atoms with Gasteiger partial charge in [0.1, 0.15) is 0 Å².